The Balaban J connectivity index is 2.17. The monoisotopic (exact) mass is 312 g/mol. The van der Waals surface area contributed by atoms with Crippen LogP contribution >= 0.6 is 0 Å². The van der Waals surface area contributed by atoms with Gasteiger partial charge < -0.3 is 9.84 Å². The van der Waals surface area contributed by atoms with E-state index in [9.17, 15) is 9.90 Å². The van der Waals surface area contributed by atoms with Crippen LogP contribution in [0.1, 0.15) is 30.9 Å². The summed E-state index contributed by atoms with van der Waals surface area (Å²) >= 11 is 0. The Labute approximate surface area is 137 Å². The molecule has 1 N–H and O–H groups in total. The van der Waals surface area contributed by atoms with E-state index < -0.39 is 5.41 Å². The highest BCUT2D eigenvalue weighted by atomic mass is 16.5. The maximum Gasteiger partial charge on any atom is 0.318 e. The number of esters is 1. The molecule has 0 bridgehead atoms. The van der Waals surface area contributed by atoms with Crippen molar-refractivity contribution in [2.45, 2.75) is 31.6 Å². The molecule has 122 valence electrons. The van der Waals surface area contributed by atoms with E-state index in [1.807, 2.05) is 48.5 Å². The van der Waals surface area contributed by atoms with Gasteiger partial charge in [-0.05, 0) is 37.3 Å². The smallest absolute Gasteiger partial charge is 0.318 e. The molecule has 0 aliphatic heterocycles. The fraction of sp³-hybridized carbons (Fsp3) is 0.350. The van der Waals surface area contributed by atoms with Crippen LogP contribution in [0.15, 0.2) is 60.7 Å². The fourth-order valence-corrected chi connectivity index (χ4v) is 2.86. The summed E-state index contributed by atoms with van der Waals surface area (Å²) in [5.41, 5.74) is 1.07. The molecule has 3 nitrogen and oxygen atoms in total. The molecule has 1 atom stereocenters. The number of aryl methyl sites for hydroxylation is 1. The van der Waals surface area contributed by atoms with Crippen LogP contribution < -0.4 is 0 Å². The maximum atomic E-state index is 12.6. The van der Waals surface area contributed by atoms with Crippen LogP contribution in [0.25, 0.3) is 0 Å². The highest BCUT2D eigenvalue weighted by Gasteiger charge is 2.40. The van der Waals surface area contributed by atoms with Crippen molar-refractivity contribution >= 4 is 5.97 Å². The number of aliphatic hydroxyl groups excluding tert-OH is 1. The van der Waals surface area contributed by atoms with Crippen LogP contribution in [0.5, 0.6) is 0 Å². The first kappa shape index (κ1) is 17.2. The van der Waals surface area contributed by atoms with Crippen LogP contribution in [0, 0.1) is 0 Å². The highest BCUT2D eigenvalue weighted by Crippen LogP contribution is 2.31. The Hall–Kier alpha value is -2.13. The molecule has 23 heavy (non-hydrogen) atoms. The summed E-state index contributed by atoms with van der Waals surface area (Å²) in [7, 11) is 0. The number of aliphatic hydroxyl groups is 1. The molecule has 0 saturated carbocycles. The summed E-state index contributed by atoms with van der Waals surface area (Å²) in [6.45, 7) is 1.85. The van der Waals surface area contributed by atoms with Gasteiger partial charge in [0, 0.05) is 0 Å². The molecule has 2 rings (SSSR count). The Bertz CT molecular complexity index is 595. The molecule has 0 saturated heterocycles. The number of hydrogen-bond donors (Lipinski definition) is 1. The molecular formula is C20H24O3. The number of ether oxygens (including phenoxy) is 1. The Kier molecular flexibility index (Phi) is 6.36. The van der Waals surface area contributed by atoms with Crippen LogP contribution in [0.3, 0.4) is 0 Å². The van der Waals surface area contributed by atoms with E-state index in [4.69, 9.17) is 4.74 Å². The lowest BCUT2D eigenvalue weighted by Gasteiger charge is -2.30. The van der Waals surface area contributed by atoms with Crippen molar-refractivity contribution in [3.63, 3.8) is 0 Å². The van der Waals surface area contributed by atoms with E-state index in [1.54, 1.807) is 6.92 Å². The summed E-state index contributed by atoms with van der Waals surface area (Å²) in [5, 5.41) is 10.0. The molecule has 3 heteroatoms. The molecule has 2 aromatic rings. The fourth-order valence-electron chi connectivity index (χ4n) is 2.86. The zero-order valence-corrected chi connectivity index (χ0v) is 13.6. The molecular weight excluding hydrogens is 288 g/mol. The third kappa shape index (κ3) is 4.20. The van der Waals surface area contributed by atoms with E-state index in [0.717, 1.165) is 18.4 Å². The van der Waals surface area contributed by atoms with E-state index >= 15 is 0 Å². The lowest BCUT2D eigenvalue weighted by molar-refractivity contribution is -0.152. The van der Waals surface area contributed by atoms with Crippen molar-refractivity contribution in [2.75, 3.05) is 13.2 Å². The van der Waals surface area contributed by atoms with Crippen molar-refractivity contribution in [2.24, 2.45) is 0 Å². The van der Waals surface area contributed by atoms with E-state index in [2.05, 4.69) is 12.1 Å². The summed E-state index contributed by atoms with van der Waals surface area (Å²) in [6.07, 6.45) is 2.23. The van der Waals surface area contributed by atoms with Crippen LogP contribution in [-0.2, 0) is 21.4 Å². The van der Waals surface area contributed by atoms with Gasteiger partial charge in [0.2, 0.25) is 0 Å². The Morgan fingerprint density at radius 2 is 1.65 bits per heavy atom. The van der Waals surface area contributed by atoms with Crippen molar-refractivity contribution in [1.29, 1.82) is 0 Å². The second kappa shape index (κ2) is 8.49. The molecule has 0 unspecified atom stereocenters. The predicted octanol–water partition coefficient (Wildman–Crippen LogP) is 3.50. The average Bonchev–Trinajstić information content (AvgIpc) is 2.61. The third-order valence-electron chi connectivity index (χ3n) is 4.17. The van der Waals surface area contributed by atoms with Gasteiger partial charge in [-0.1, -0.05) is 60.7 Å². The first-order chi connectivity index (χ1) is 11.2. The molecule has 0 aliphatic rings. The van der Waals surface area contributed by atoms with Crippen molar-refractivity contribution in [3.8, 4) is 0 Å². The number of carbonyl (C=O) groups excluding carboxylic acids is 1. The summed E-state index contributed by atoms with van der Waals surface area (Å²) in [6, 6.07) is 19.6. The van der Waals surface area contributed by atoms with Gasteiger partial charge in [-0.25, -0.2) is 0 Å². The highest BCUT2D eigenvalue weighted by molar-refractivity contribution is 5.83. The van der Waals surface area contributed by atoms with Crippen LogP contribution in [-0.4, -0.2) is 24.3 Å². The van der Waals surface area contributed by atoms with Gasteiger partial charge in [-0.15, -0.1) is 0 Å². The van der Waals surface area contributed by atoms with Gasteiger partial charge in [0.15, 0.2) is 0 Å². The first-order valence-electron chi connectivity index (χ1n) is 8.10. The molecule has 0 heterocycles. The maximum absolute atomic E-state index is 12.6. The SMILES string of the molecule is CCOC(=O)[C@](CO)(CCCc1ccccc1)c1ccccc1. The molecule has 0 fully saturated rings. The Morgan fingerprint density at radius 3 is 2.22 bits per heavy atom. The van der Waals surface area contributed by atoms with Crippen molar-refractivity contribution in [1.82, 2.24) is 0 Å². The molecule has 0 radical (unpaired) electrons. The van der Waals surface area contributed by atoms with Crippen LogP contribution in [0.2, 0.25) is 0 Å². The van der Waals surface area contributed by atoms with Gasteiger partial charge in [0.05, 0.1) is 13.2 Å². The minimum Gasteiger partial charge on any atom is -0.465 e. The Morgan fingerprint density at radius 1 is 1.04 bits per heavy atom. The topological polar surface area (TPSA) is 46.5 Å². The molecule has 2 aromatic carbocycles. The van der Waals surface area contributed by atoms with Gasteiger partial charge in [0.25, 0.3) is 0 Å². The number of rotatable bonds is 8. The van der Waals surface area contributed by atoms with Gasteiger partial charge in [-0.2, -0.15) is 0 Å². The number of hydrogen-bond acceptors (Lipinski definition) is 3. The van der Waals surface area contributed by atoms with E-state index in [0.29, 0.717) is 13.0 Å². The lowest BCUT2D eigenvalue weighted by Crippen LogP contribution is -2.41. The minimum absolute atomic E-state index is 0.245. The number of benzene rings is 2. The third-order valence-corrected chi connectivity index (χ3v) is 4.17. The number of carbonyl (C=O) groups is 1. The quantitative estimate of drug-likeness (QED) is 0.759. The first-order valence-corrected chi connectivity index (χ1v) is 8.10. The van der Waals surface area contributed by atoms with E-state index in [-0.39, 0.29) is 12.6 Å². The molecule has 0 spiro atoms. The predicted molar refractivity (Wildman–Crippen MR) is 91.2 cm³/mol. The standard InChI is InChI=1S/C20H24O3/c1-2-23-19(22)20(16-21,18-13-7-4-8-14-18)15-9-12-17-10-5-3-6-11-17/h3-8,10-11,13-14,21H,2,9,12,15-16H2,1H3/t20-/m0/s1. The van der Waals surface area contributed by atoms with Gasteiger partial charge in [0.1, 0.15) is 5.41 Å². The second-order valence-corrected chi connectivity index (χ2v) is 5.67. The van der Waals surface area contributed by atoms with Crippen molar-refractivity contribution in [3.05, 3.63) is 71.8 Å². The minimum atomic E-state index is -0.980. The average molecular weight is 312 g/mol. The molecule has 0 aromatic heterocycles. The summed E-state index contributed by atoms with van der Waals surface area (Å²) in [4.78, 5) is 12.6. The lowest BCUT2D eigenvalue weighted by atomic mass is 9.76. The van der Waals surface area contributed by atoms with Crippen molar-refractivity contribution < 1.29 is 14.6 Å². The van der Waals surface area contributed by atoms with Crippen LogP contribution in [0.4, 0.5) is 0 Å². The largest absolute Gasteiger partial charge is 0.465 e. The normalized spacial score (nSPS) is 13.3. The zero-order valence-electron chi connectivity index (χ0n) is 13.6. The second-order valence-electron chi connectivity index (χ2n) is 5.67. The molecule has 0 aliphatic carbocycles. The van der Waals surface area contributed by atoms with Gasteiger partial charge >= 0.3 is 5.97 Å². The van der Waals surface area contributed by atoms with Gasteiger partial charge in [-0.3, -0.25) is 4.79 Å². The summed E-state index contributed by atoms with van der Waals surface area (Å²) < 4.78 is 5.26. The van der Waals surface area contributed by atoms with E-state index in [1.165, 1.54) is 5.56 Å². The zero-order chi connectivity index (χ0) is 16.5. The summed E-state index contributed by atoms with van der Waals surface area (Å²) in [5.74, 6) is -0.346. The molecule has 0 amide bonds.